The van der Waals surface area contributed by atoms with Gasteiger partial charge in [0, 0.05) is 5.69 Å². The van der Waals surface area contributed by atoms with Gasteiger partial charge in [0.1, 0.15) is 8.07 Å². The van der Waals surface area contributed by atoms with Crippen LogP contribution in [0.15, 0.2) is 72.8 Å². The number of carbonyl (C=O) groups excluding carboxylic acids is 1. The number of amides is 1. The van der Waals surface area contributed by atoms with Crippen LogP contribution >= 0.6 is 0 Å². The van der Waals surface area contributed by atoms with Crippen molar-refractivity contribution in [3.05, 3.63) is 83.9 Å². The summed E-state index contributed by atoms with van der Waals surface area (Å²) in [6.07, 6.45) is -4.44. The molecule has 0 saturated carbocycles. The predicted molar refractivity (Wildman–Crippen MR) is 118 cm³/mol. The second kappa shape index (κ2) is 7.36. The maximum absolute atomic E-state index is 13.5. The highest BCUT2D eigenvalue weighted by Crippen LogP contribution is 2.28. The number of fused-ring (bicyclic) bond motifs is 1. The molecular formula is C22H20BF3N2OSi. The van der Waals surface area contributed by atoms with Crippen molar-refractivity contribution in [1.82, 2.24) is 5.23 Å². The second-order valence-electron chi connectivity index (χ2n) is 7.89. The van der Waals surface area contributed by atoms with E-state index in [1.165, 1.54) is 12.1 Å². The highest BCUT2D eigenvalue weighted by atomic mass is 28.3. The molecule has 30 heavy (non-hydrogen) atoms. The van der Waals surface area contributed by atoms with Crippen LogP contribution in [-0.4, -0.2) is 21.0 Å². The van der Waals surface area contributed by atoms with Gasteiger partial charge in [-0.1, -0.05) is 84.1 Å². The Labute approximate surface area is 174 Å². The Morgan fingerprint density at radius 1 is 0.867 bits per heavy atom. The first kappa shape index (κ1) is 20.3. The van der Waals surface area contributed by atoms with Gasteiger partial charge in [-0.2, -0.15) is 13.2 Å². The molecule has 0 radical (unpaired) electrons. The van der Waals surface area contributed by atoms with Gasteiger partial charge in [-0.3, -0.25) is 4.79 Å². The van der Waals surface area contributed by atoms with Gasteiger partial charge in [-0.15, -0.1) is 0 Å². The van der Waals surface area contributed by atoms with Crippen molar-refractivity contribution in [3.8, 4) is 0 Å². The standard InChI is InChI=1S/C22H20BF3N2OSi/c1-30(2,16-8-4-3-5-9-16)20-14-15(22(24,25)26)12-13-18(20)23-27-19-11-7-6-10-17(19)21(29)28-23/h3-14,27H,1-2H3,(H,28,29). The minimum atomic E-state index is -4.44. The molecule has 152 valence electrons. The Bertz CT molecular complexity index is 1100. The first-order chi connectivity index (χ1) is 14.2. The molecule has 3 nitrogen and oxygen atoms in total. The first-order valence-corrected chi connectivity index (χ1v) is 12.6. The van der Waals surface area contributed by atoms with E-state index in [9.17, 15) is 18.0 Å². The van der Waals surface area contributed by atoms with E-state index >= 15 is 0 Å². The number of hydrogen-bond donors (Lipinski definition) is 2. The fraction of sp³-hybridized carbons (Fsp3) is 0.136. The highest BCUT2D eigenvalue weighted by Gasteiger charge is 2.39. The van der Waals surface area contributed by atoms with Crippen molar-refractivity contribution < 1.29 is 18.0 Å². The monoisotopic (exact) mass is 424 g/mol. The molecule has 0 aliphatic carbocycles. The molecule has 0 spiro atoms. The largest absolute Gasteiger partial charge is 0.416 e. The third-order valence-corrected chi connectivity index (χ3v) is 9.16. The quantitative estimate of drug-likeness (QED) is 0.635. The van der Waals surface area contributed by atoms with Crippen LogP contribution in [0.5, 0.6) is 0 Å². The Morgan fingerprint density at radius 2 is 1.53 bits per heavy atom. The van der Waals surface area contributed by atoms with Crippen LogP contribution in [0, 0.1) is 0 Å². The number of alkyl halides is 3. The van der Waals surface area contributed by atoms with Gasteiger partial charge in [0.05, 0.1) is 11.1 Å². The van der Waals surface area contributed by atoms with Crippen LogP contribution in [-0.2, 0) is 6.18 Å². The van der Waals surface area contributed by atoms with E-state index in [0.29, 0.717) is 21.9 Å². The molecular weight excluding hydrogens is 404 g/mol. The van der Waals surface area contributed by atoms with Crippen LogP contribution < -0.4 is 26.3 Å². The third kappa shape index (κ3) is 3.63. The molecule has 1 aliphatic rings. The molecule has 0 bridgehead atoms. The summed E-state index contributed by atoms with van der Waals surface area (Å²) in [5.74, 6) is -0.251. The van der Waals surface area contributed by atoms with Crippen LogP contribution in [0.3, 0.4) is 0 Å². The average Bonchev–Trinajstić information content (AvgIpc) is 2.73. The Hall–Kier alpha value is -3.00. The molecule has 3 aromatic carbocycles. The lowest BCUT2D eigenvalue weighted by molar-refractivity contribution is -0.137. The zero-order valence-electron chi connectivity index (χ0n) is 16.5. The Balaban J connectivity index is 1.86. The van der Waals surface area contributed by atoms with Crippen molar-refractivity contribution in [1.29, 1.82) is 0 Å². The average molecular weight is 424 g/mol. The summed E-state index contributed by atoms with van der Waals surface area (Å²) < 4.78 is 40.6. The highest BCUT2D eigenvalue weighted by molar-refractivity contribution is 7.03. The molecule has 3 aromatic rings. The molecule has 1 aliphatic heterocycles. The van der Waals surface area contributed by atoms with Crippen LogP contribution in [0.4, 0.5) is 18.9 Å². The molecule has 0 saturated heterocycles. The molecule has 2 N–H and O–H groups in total. The topological polar surface area (TPSA) is 41.1 Å². The smallest absolute Gasteiger partial charge is 0.405 e. The fourth-order valence-electron chi connectivity index (χ4n) is 3.90. The van der Waals surface area contributed by atoms with Crippen LogP contribution in [0.25, 0.3) is 0 Å². The normalized spacial score (nSPS) is 14.0. The molecule has 4 rings (SSSR count). The number of nitrogens with one attached hydrogen (secondary N) is 2. The van der Waals surface area contributed by atoms with Crippen molar-refractivity contribution >= 4 is 42.5 Å². The SMILES string of the molecule is C[Si](C)(c1ccccc1)c1cc(C(F)(F)F)ccc1B1NC(=O)c2ccccc2N1. The van der Waals surface area contributed by atoms with E-state index in [0.717, 1.165) is 11.3 Å². The molecule has 8 heteroatoms. The van der Waals surface area contributed by atoms with Gasteiger partial charge in [0.2, 0.25) is 5.91 Å². The van der Waals surface area contributed by atoms with Crippen molar-refractivity contribution in [3.63, 3.8) is 0 Å². The van der Waals surface area contributed by atoms with Crippen molar-refractivity contribution in [2.75, 3.05) is 5.23 Å². The summed E-state index contributed by atoms with van der Waals surface area (Å²) in [6, 6.07) is 20.5. The fourth-order valence-corrected chi connectivity index (χ4v) is 6.70. The lowest BCUT2D eigenvalue weighted by atomic mass is 9.66. The molecule has 0 unspecified atom stereocenters. The first-order valence-electron chi connectivity index (χ1n) is 9.61. The summed E-state index contributed by atoms with van der Waals surface area (Å²) in [5, 5.41) is 7.84. The lowest BCUT2D eigenvalue weighted by Gasteiger charge is -2.32. The van der Waals surface area contributed by atoms with Gasteiger partial charge in [0.15, 0.2) is 0 Å². The Kier molecular flexibility index (Phi) is 4.97. The number of carbonyl (C=O) groups is 1. The minimum Gasteiger partial charge on any atom is -0.405 e. The number of rotatable bonds is 3. The van der Waals surface area contributed by atoms with E-state index < -0.39 is 26.8 Å². The van der Waals surface area contributed by atoms with Gasteiger partial charge in [0.25, 0.3) is 0 Å². The lowest BCUT2D eigenvalue weighted by Crippen LogP contribution is -2.67. The number of anilines is 1. The van der Waals surface area contributed by atoms with E-state index in [2.05, 4.69) is 10.5 Å². The minimum absolute atomic E-state index is 0.251. The Morgan fingerprint density at radius 3 is 2.23 bits per heavy atom. The maximum atomic E-state index is 13.5. The summed E-state index contributed by atoms with van der Waals surface area (Å²) in [6.45, 7) is 3.44. The van der Waals surface area contributed by atoms with Crippen LogP contribution in [0.1, 0.15) is 15.9 Å². The van der Waals surface area contributed by atoms with Gasteiger partial charge in [-0.25, -0.2) is 0 Å². The number of halogens is 3. The third-order valence-electron chi connectivity index (χ3n) is 5.61. The van der Waals surface area contributed by atoms with Crippen molar-refractivity contribution in [2.45, 2.75) is 19.3 Å². The molecule has 0 fully saturated rings. The summed E-state index contributed by atoms with van der Waals surface area (Å²) >= 11 is 0. The summed E-state index contributed by atoms with van der Waals surface area (Å²) in [4.78, 5) is 12.6. The van der Waals surface area contributed by atoms with Crippen molar-refractivity contribution in [2.24, 2.45) is 0 Å². The summed E-state index contributed by atoms with van der Waals surface area (Å²) in [5.41, 5.74) is 1.16. The number of hydrogen-bond acceptors (Lipinski definition) is 2. The van der Waals surface area contributed by atoms with E-state index in [-0.39, 0.29) is 5.91 Å². The van der Waals surface area contributed by atoms with E-state index in [1.54, 1.807) is 18.2 Å². The molecule has 0 atom stereocenters. The molecule has 1 amide bonds. The van der Waals surface area contributed by atoms with Gasteiger partial charge < -0.3 is 10.5 Å². The summed E-state index contributed by atoms with van der Waals surface area (Å²) in [7, 11) is -2.50. The van der Waals surface area contributed by atoms with Gasteiger partial charge in [-0.05, 0) is 17.6 Å². The second-order valence-corrected chi connectivity index (χ2v) is 12.3. The maximum Gasteiger partial charge on any atom is 0.416 e. The van der Waals surface area contributed by atoms with Crippen LogP contribution in [0.2, 0.25) is 13.1 Å². The van der Waals surface area contributed by atoms with Gasteiger partial charge >= 0.3 is 13.2 Å². The zero-order valence-corrected chi connectivity index (χ0v) is 17.5. The number of benzene rings is 3. The molecule has 1 heterocycles. The number of para-hydroxylation sites is 1. The van der Waals surface area contributed by atoms with E-state index in [1.807, 2.05) is 49.5 Å². The molecule has 0 aromatic heterocycles. The zero-order chi connectivity index (χ0) is 21.5. The predicted octanol–water partition coefficient (Wildman–Crippen LogP) is 3.08. The van der Waals surface area contributed by atoms with E-state index in [4.69, 9.17) is 0 Å².